The first-order valence-electron chi connectivity index (χ1n) is 4.15. The van der Waals surface area contributed by atoms with Gasteiger partial charge in [-0.2, -0.15) is 5.26 Å². The van der Waals surface area contributed by atoms with Crippen molar-refractivity contribution in [3.05, 3.63) is 30.1 Å². The third kappa shape index (κ3) is 2.87. The molecule has 0 bridgehead atoms. The molecular formula is C10H9FN2O. The van der Waals surface area contributed by atoms with Gasteiger partial charge in [-0.3, -0.25) is 4.79 Å². The van der Waals surface area contributed by atoms with Gasteiger partial charge < -0.3 is 5.32 Å². The molecule has 1 aromatic rings. The third-order valence-corrected chi connectivity index (χ3v) is 1.61. The number of nitrogens with one attached hydrogen (secondary N) is 1. The van der Waals surface area contributed by atoms with E-state index in [1.165, 1.54) is 12.1 Å². The minimum atomic E-state index is -0.474. The summed E-state index contributed by atoms with van der Waals surface area (Å²) >= 11 is 0. The van der Waals surface area contributed by atoms with Crippen molar-refractivity contribution >= 4 is 11.6 Å². The van der Waals surface area contributed by atoms with Gasteiger partial charge in [-0.05, 0) is 12.1 Å². The van der Waals surface area contributed by atoms with Crippen molar-refractivity contribution in [3.63, 3.8) is 0 Å². The predicted octanol–water partition coefficient (Wildman–Crippen LogP) is 2.07. The number of amides is 1. The summed E-state index contributed by atoms with van der Waals surface area (Å²) in [7, 11) is 0. The van der Waals surface area contributed by atoms with Crippen molar-refractivity contribution in [1.82, 2.24) is 0 Å². The van der Waals surface area contributed by atoms with Crippen LogP contribution in [0.4, 0.5) is 10.1 Å². The van der Waals surface area contributed by atoms with Crippen molar-refractivity contribution in [1.29, 1.82) is 5.26 Å². The SMILES string of the molecule is N#CCCC(=O)Nc1ccccc1F. The molecule has 1 amide bonds. The van der Waals surface area contributed by atoms with Gasteiger partial charge in [0.1, 0.15) is 5.82 Å². The van der Waals surface area contributed by atoms with Crippen LogP contribution in [0.3, 0.4) is 0 Å². The Morgan fingerprint density at radius 3 is 2.86 bits per heavy atom. The molecule has 4 heteroatoms. The molecule has 0 aliphatic carbocycles. The Morgan fingerprint density at radius 1 is 1.50 bits per heavy atom. The van der Waals surface area contributed by atoms with Crippen LogP contribution in [0.2, 0.25) is 0 Å². The van der Waals surface area contributed by atoms with E-state index < -0.39 is 5.82 Å². The normalized spacial score (nSPS) is 9.14. The lowest BCUT2D eigenvalue weighted by Crippen LogP contribution is -2.11. The number of carbonyl (C=O) groups excluding carboxylic acids is 1. The molecule has 0 aliphatic rings. The summed E-state index contributed by atoms with van der Waals surface area (Å²) in [5.74, 6) is -0.825. The molecule has 14 heavy (non-hydrogen) atoms. The summed E-state index contributed by atoms with van der Waals surface area (Å²) in [4.78, 5) is 11.1. The Labute approximate surface area is 81.2 Å². The van der Waals surface area contributed by atoms with Gasteiger partial charge in [-0.1, -0.05) is 12.1 Å². The lowest BCUT2D eigenvalue weighted by Gasteiger charge is -2.03. The fourth-order valence-electron chi connectivity index (χ4n) is 0.945. The molecule has 1 aromatic carbocycles. The quantitative estimate of drug-likeness (QED) is 0.796. The molecule has 1 rings (SSSR count). The number of carbonyl (C=O) groups is 1. The second-order valence-corrected chi connectivity index (χ2v) is 2.69. The van der Waals surface area contributed by atoms with E-state index in [-0.39, 0.29) is 24.4 Å². The lowest BCUT2D eigenvalue weighted by molar-refractivity contribution is -0.116. The zero-order valence-electron chi connectivity index (χ0n) is 7.46. The molecule has 3 nitrogen and oxygen atoms in total. The molecule has 0 fully saturated rings. The second-order valence-electron chi connectivity index (χ2n) is 2.69. The van der Waals surface area contributed by atoms with Crippen LogP contribution in [0.1, 0.15) is 12.8 Å². The lowest BCUT2D eigenvalue weighted by atomic mass is 10.2. The highest BCUT2D eigenvalue weighted by molar-refractivity contribution is 5.90. The second kappa shape index (κ2) is 4.97. The van der Waals surface area contributed by atoms with Crippen LogP contribution in [0.5, 0.6) is 0 Å². The van der Waals surface area contributed by atoms with Crippen molar-refractivity contribution in [2.24, 2.45) is 0 Å². The molecular weight excluding hydrogens is 183 g/mol. The van der Waals surface area contributed by atoms with E-state index in [1.54, 1.807) is 12.1 Å². The highest BCUT2D eigenvalue weighted by Gasteiger charge is 2.04. The van der Waals surface area contributed by atoms with E-state index >= 15 is 0 Å². The van der Waals surface area contributed by atoms with Crippen LogP contribution in [-0.2, 0) is 4.79 Å². The zero-order valence-corrected chi connectivity index (χ0v) is 7.46. The molecule has 0 radical (unpaired) electrons. The van der Waals surface area contributed by atoms with Crippen molar-refractivity contribution in [3.8, 4) is 6.07 Å². The number of nitrogens with zero attached hydrogens (tertiary/aromatic N) is 1. The third-order valence-electron chi connectivity index (χ3n) is 1.61. The Hall–Kier alpha value is -1.89. The predicted molar refractivity (Wildman–Crippen MR) is 49.9 cm³/mol. The number of benzene rings is 1. The summed E-state index contributed by atoms with van der Waals surface area (Å²) < 4.78 is 13.0. The van der Waals surface area contributed by atoms with E-state index in [0.717, 1.165) is 0 Å². The van der Waals surface area contributed by atoms with Crippen molar-refractivity contribution in [2.75, 3.05) is 5.32 Å². The first-order valence-corrected chi connectivity index (χ1v) is 4.15. The summed E-state index contributed by atoms with van der Waals surface area (Å²) in [6.07, 6.45) is 0.227. The van der Waals surface area contributed by atoms with Gasteiger partial charge in [0.05, 0.1) is 11.8 Å². The maximum absolute atomic E-state index is 13.0. The average Bonchev–Trinajstić information content (AvgIpc) is 2.18. The Kier molecular flexibility index (Phi) is 3.62. The largest absolute Gasteiger partial charge is 0.324 e. The summed E-state index contributed by atoms with van der Waals surface area (Å²) in [6.45, 7) is 0. The van der Waals surface area contributed by atoms with Crippen molar-refractivity contribution in [2.45, 2.75) is 12.8 Å². The first-order chi connectivity index (χ1) is 6.74. The van der Waals surface area contributed by atoms with Crippen LogP contribution in [-0.4, -0.2) is 5.91 Å². The van der Waals surface area contributed by atoms with Crippen LogP contribution in [0.15, 0.2) is 24.3 Å². The average molecular weight is 192 g/mol. The minimum absolute atomic E-state index is 0.0881. The van der Waals surface area contributed by atoms with Crippen LogP contribution >= 0.6 is 0 Å². The molecule has 1 N–H and O–H groups in total. The maximum Gasteiger partial charge on any atom is 0.225 e. The first kappa shape index (κ1) is 10.2. The molecule has 0 atom stereocenters. The minimum Gasteiger partial charge on any atom is -0.324 e. The fraction of sp³-hybridized carbons (Fsp3) is 0.200. The molecule has 0 aromatic heterocycles. The number of hydrogen-bond donors (Lipinski definition) is 1. The number of halogens is 1. The molecule has 0 heterocycles. The van der Waals surface area contributed by atoms with E-state index in [4.69, 9.17) is 5.26 Å². The van der Waals surface area contributed by atoms with E-state index in [9.17, 15) is 9.18 Å². The molecule has 0 saturated carbocycles. The Morgan fingerprint density at radius 2 is 2.21 bits per heavy atom. The van der Waals surface area contributed by atoms with Gasteiger partial charge in [0.15, 0.2) is 0 Å². The van der Waals surface area contributed by atoms with E-state index in [1.807, 2.05) is 6.07 Å². The fourth-order valence-corrected chi connectivity index (χ4v) is 0.945. The monoisotopic (exact) mass is 192 g/mol. The number of anilines is 1. The zero-order chi connectivity index (χ0) is 10.4. The summed E-state index contributed by atoms with van der Waals surface area (Å²) in [5, 5.41) is 10.6. The number of para-hydroxylation sites is 1. The van der Waals surface area contributed by atoms with Gasteiger partial charge in [0.25, 0.3) is 0 Å². The van der Waals surface area contributed by atoms with Gasteiger partial charge in [0.2, 0.25) is 5.91 Å². The van der Waals surface area contributed by atoms with Gasteiger partial charge in [0, 0.05) is 12.8 Å². The van der Waals surface area contributed by atoms with Crippen LogP contribution in [0.25, 0.3) is 0 Å². The molecule has 0 saturated heterocycles. The van der Waals surface area contributed by atoms with Gasteiger partial charge >= 0.3 is 0 Å². The molecule has 72 valence electrons. The molecule has 0 spiro atoms. The highest BCUT2D eigenvalue weighted by atomic mass is 19.1. The summed E-state index contributed by atoms with van der Waals surface area (Å²) in [5.41, 5.74) is 0.149. The standard InChI is InChI=1S/C10H9FN2O/c11-8-4-1-2-5-9(8)13-10(14)6-3-7-12/h1-2,4-5H,3,6H2,(H,13,14). The maximum atomic E-state index is 13.0. The number of rotatable bonds is 3. The highest BCUT2D eigenvalue weighted by Crippen LogP contribution is 2.12. The Balaban J connectivity index is 2.57. The van der Waals surface area contributed by atoms with Crippen LogP contribution < -0.4 is 5.32 Å². The molecule has 0 unspecified atom stereocenters. The Bertz CT molecular complexity index is 371. The molecule has 0 aliphatic heterocycles. The smallest absolute Gasteiger partial charge is 0.225 e. The number of hydrogen-bond acceptors (Lipinski definition) is 2. The van der Waals surface area contributed by atoms with Gasteiger partial charge in [-0.25, -0.2) is 4.39 Å². The van der Waals surface area contributed by atoms with Gasteiger partial charge in [-0.15, -0.1) is 0 Å². The van der Waals surface area contributed by atoms with E-state index in [0.29, 0.717) is 0 Å². The van der Waals surface area contributed by atoms with Crippen LogP contribution in [0, 0.1) is 17.1 Å². The van der Waals surface area contributed by atoms with Crippen molar-refractivity contribution < 1.29 is 9.18 Å². The van der Waals surface area contributed by atoms with E-state index in [2.05, 4.69) is 5.32 Å². The number of nitriles is 1. The topological polar surface area (TPSA) is 52.9 Å². The summed E-state index contributed by atoms with van der Waals surface area (Å²) in [6, 6.07) is 7.75.